The van der Waals surface area contributed by atoms with Crippen molar-refractivity contribution < 1.29 is 9.50 Å². The van der Waals surface area contributed by atoms with Gasteiger partial charge in [-0.1, -0.05) is 48.0 Å². The Kier molecular flexibility index (Phi) is 3.92. The van der Waals surface area contributed by atoms with E-state index in [1.807, 2.05) is 18.2 Å². The minimum absolute atomic E-state index is 0.00851. The van der Waals surface area contributed by atoms with Crippen molar-refractivity contribution in [2.45, 2.75) is 13.0 Å². The molecule has 1 atom stereocenters. The molecule has 2 aromatic carbocycles. The predicted molar refractivity (Wildman–Crippen MR) is 81.6 cm³/mol. The van der Waals surface area contributed by atoms with Gasteiger partial charge in [-0.05, 0) is 24.6 Å². The van der Waals surface area contributed by atoms with E-state index >= 15 is 0 Å². The second-order valence-electron chi connectivity index (χ2n) is 4.82. The lowest BCUT2D eigenvalue weighted by Gasteiger charge is -2.13. The van der Waals surface area contributed by atoms with Gasteiger partial charge in [0.15, 0.2) is 11.6 Å². The van der Waals surface area contributed by atoms with Gasteiger partial charge in [-0.15, -0.1) is 0 Å². The minimum atomic E-state index is -1.01. The molecular formula is C16H13ClFN3O. The zero-order valence-electron chi connectivity index (χ0n) is 11.7. The standard InChI is InChI=1S/C16H13ClFN3O/c1-10-19-16(15(22)11-6-3-2-4-7-11)21(20-10)13-9-5-8-12(17)14(13)18/h2-9,15,22H,1H3/t15-/m1/s1. The van der Waals surface area contributed by atoms with E-state index in [-0.39, 0.29) is 16.5 Å². The molecule has 1 N–H and O–H groups in total. The van der Waals surface area contributed by atoms with E-state index in [0.717, 1.165) is 0 Å². The third-order valence-electron chi connectivity index (χ3n) is 3.26. The van der Waals surface area contributed by atoms with Gasteiger partial charge < -0.3 is 5.11 Å². The van der Waals surface area contributed by atoms with Crippen molar-refractivity contribution in [3.63, 3.8) is 0 Å². The van der Waals surface area contributed by atoms with E-state index in [0.29, 0.717) is 11.4 Å². The number of rotatable bonds is 3. The molecule has 0 saturated carbocycles. The highest BCUT2D eigenvalue weighted by Crippen LogP contribution is 2.26. The average Bonchev–Trinajstić information content (AvgIpc) is 2.92. The normalized spacial score (nSPS) is 12.4. The van der Waals surface area contributed by atoms with Gasteiger partial charge in [-0.25, -0.2) is 14.1 Å². The van der Waals surface area contributed by atoms with Gasteiger partial charge in [0.25, 0.3) is 0 Å². The lowest BCUT2D eigenvalue weighted by molar-refractivity contribution is 0.206. The molecule has 6 heteroatoms. The van der Waals surface area contributed by atoms with Crippen LogP contribution in [0.15, 0.2) is 48.5 Å². The first-order chi connectivity index (χ1) is 10.6. The second kappa shape index (κ2) is 5.87. The number of hydrogen-bond donors (Lipinski definition) is 1. The fraction of sp³-hybridized carbons (Fsp3) is 0.125. The van der Waals surface area contributed by atoms with Crippen LogP contribution in [0.2, 0.25) is 5.02 Å². The number of aromatic nitrogens is 3. The lowest BCUT2D eigenvalue weighted by atomic mass is 10.1. The molecule has 4 nitrogen and oxygen atoms in total. The summed E-state index contributed by atoms with van der Waals surface area (Å²) in [6, 6.07) is 13.6. The van der Waals surface area contributed by atoms with Crippen molar-refractivity contribution in [3.05, 3.63) is 76.6 Å². The summed E-state index contributed by atoms with van der Waals surface area (Å²) in [6.45, 7) is 1.68. The van der Waals surface area contributed by atoms with Crippen LogP contribution in [0, 0.1) is 12.7 Å². The van der Waals surface area contributed by atoms with Crippen LogP contribution in [-0.2, 0) is 0 Å². The zero-order chi connectivity index (χ0) is 15.7. The Labute approximate surface area is 131 Å². The number of aliphatic hydroxyl groups is 1. The topological polar surface area (TPSA) is 50.9 Å². The summed E-state index contributed by atoms with van der Waals surface area (Å²) in [5.74, 6) is 0.0739. The number of hydrogen-bond acceptors (Lipinski definition) is 3. The Morgan fingerprint density at radius 2 is 1.86 bits per heavy atom. The maximum Gasteiger partial charge on any atom is 0.167 e. The molecule has 0 unspecified atom stereocenters. The van der Waals surface area contributed by atoms with E-state index in [1.165, 1.54) is 16.8 Å². The monoisotopic (exact) mass is 317 g/mol. The molecule has 0 fully saturated rings. The Hall–Kier alpha value is -2.24. The van der Waals surface area contributed by atoms with Crippen molar-refractivity contribution in [1.82, 2.24) is 14.8 Å². The SMILES string of the molecule is Cc1nc([C@H](O)c2ccccc2)n(-c2cccc(Cl)c2F)n1. The number of nitrogens with zero attached hydrogens (tertiary/aromatic N) is 3. The molecule has 0 spiro atoms. The predicted octanol–water partition coefficient (Wildman–Crippen LogP) is 3.45. The number of aryl methyl sites for hydroxylation is 1. The van der Waals surface area contributed by atoms with Gasteiger partial charge >= 0.3 is 0 Å². The Balaban J connectivity index is 2.13. The van der Waals surface area contributed by atoms with E-state index in [2.05, 4.69) is 10.1 Å². The van der Waals surface area contributed by atoms with Gasteiger partial charge in [-0.3, -0.25) is 0 Å². The van der Waals surface area contributed by atoms with Crippen LogP contribution in [0.25, 0.3) is 5.69 Å². The fourth-order valence-corrected chi connectivity index (χ4v) is 2.40. The molecule has 0 aliphatic heterocycles. The fourth-order valence-electron chi connectivity index (χ4n) is 2.23. The summed E-state index contributed by atoms with van der Waals surface area (Å²) < 4.78 is 15.5. The average molecular weight is 318 g/mol. The Morgan fingerprint density at radius 1 is 1.14 bits per heavy atom. The lowest BCUT2D eigenvalue weighted by Crippen LogP contribution is -2.11. The molecule has 1 heterocycles. The Morgan fingerprint density at radius 3 is 2.59 bits per heavy atom. The molecule has 0 aliphatic rings. The summed E-state index contributed by atoms with van der Waals surface area (Å²) in [5, 5.41) is 14.7. The van der Waals surface area contributed by atoms with Gasteiger partial charge in [0, 0.05) is 0 Å². The smallest absolute Gasteiger partial charge is 0.167 e. The van der Waals surface area contributed by atoms with Crippen LogP contribution in [0.3, 0.4) is 0 Å². The molecule has 22 heavy (non-hydrogen) atoms. The molecule has 1 aromatic heterocycles. The van der Waals surface area contributed by atoms with E-state index < -0.39 is 11.9 Å². The molecule has 0 amide bonds. The van der Waals surface area contributed by atoms with Crippen LogP contribution in [0.4, 0.5) is 4.39 Å². The van der Waals surface area contributed by atoms with Crippen LogP contribution in [-0.4, -0.2) is 19.9 Å². The summed E-state index contributed by atoms with van der Waals surface area (Å²) in [5.41, 5.74) is 0.802. The van der Waals surface area contributed by atoms with E-state index in [9.17, 15) is 9.50 Å². The van der Waals surface area contributed by atoms with E-state index in [4.69, 9.17) is 11.6 Å². The molecule has 3 rings (SSSR count). The molecular weight excluding hydrogens is 305 g/mol. The summed E-state index contributed by atoms with van der Waals surface area (Å²) in [4.78, 5) is 4.23. The molecule has 0 saturated heterocycles. The first-order valence-corrected chi connectivity index (χ1v) is 7.06. The maximum absolute atomic E-state index is 14.2. The number of halogens is 2. The van der Waals surface area contributed by atoms with Crippen LogP contribution in [0.5, 0.6) is 0 Å². The van der Waals surface area contributed by atoms with Gasteiger partial charge in [0.1, 0.15) is 17.6 Å². The second-order valence-corrected chi connectivity index (χ2v) is 5.22. The number of aliphatic hydroxyl groups excluding tert-OH is 1. The molecule has 0 radical (unpaired) electrons. The largest absolute Gasteiger partial charge is 0.380 e. The highest BCUT2D eigenvalue weighted by Gasteiger charge is 2.21. The summed E-state index contributed by atoms with van der Waals surface area (Å²) in [6.07, 6.45) is -1.01. The van der Waals surface area contributed by atoms with Crippen molar-refractivity contribution in [1.29, 1.82) is 0 Å². The van der Waals surface area contributed by atoms with Crippen molar-refractivity contribution in [2.75, 3.05) is 0 Å². The molecule has 112 valence electrons. The van der Waals surface area contributed by atoms with Crippen molar-refractivity contribution in [3.8, 4) is 5.69 Å². The third-order valence-corrected chi connectivity index (χ3v) is 3.55. The third kappa shape index (κ3) is 2.61. The summed E-state index contributed by atoms with van der Waals surface area (Å²) >= 11 is 5.82. The van der Waals surface area contributed by atoms with Crippen LogP contribution >= 0.6 is 11.6 Å². The molecule has 3 aromatic rings. The minimum Gasteiger partial charge on any atom is -0.380 e. The zero-order valence-corrected chi connectivity index (χ0v) is 12.5. The highest BCUT2D eigenvalue weighted by atomic mass is 35.5. The van der Waals surface area contributed by atoms with Crippen molar-refractivity contribution in [2.24, 2.45) is 0 Å². The summed E-state index contributed by atoms with van der Waals surface area (Å²) in [7, 11) is 0. The van der Waals surface area contributed by atoms with Gasteiger partial charge in [-0.2, -0.15) is 5.10 Å². The van der Waals surface area contributed by atoms with Crippen molar-refractivity contribution >= 4 is 11.6 Å². The van der Waals surface area contributed by atoms with Crippen LogP contribution < -0.4 is 0 Å². The van der Waals surface area contributed by atoms with Crippen LogP contribution in [0.1, 0.15) is 23.3 Å². The quantitative estimate of drug-likeness (QED) is 0.805. The van der Waals surface area contributed by atoms with Gasteiger partial charge in [0.05, 0.1) is 5.02 Å². The molecule has 0 bridgehead atoms. The maximum atomic E-state index is 14.2. The Bertz CT molecular complexity index is 804. The molecule has 0 aliphatic carbocycles. The van der Waals surface area contributed by atoms with E-state index in [1.54, 1.807) is 25.1 Å². The first-order valence-electron chi connectivity index (χ1n) is 6.69. The highest BCUT2D eigenvalue weighted by molar-refractivity contribution is 6.30. The number of benzene rings is 2. The first kappa shape index (κ1) is 14.7. The van der Waals surface area contributed by atoms with Gasteiger partial charge in [0.2, 0.25) is 0 Å².